The standard InChI is InChI=1S/C22H27N3O4/c1-23(2)18-8-6-7-17(15-18)22(27)29-16-21(26)25-13-11-24(12-14-25)19-9-4-5-10-20(19)28-3/h4-10,15H,11-14,16H2,1-3H3. The van der Waals surface area contributed by atoms with E-state index in [1.807, 2.05) is 49.3 Å². The maximum atomic E-state index is 12.5. The van der Waals surface area contributed by atoms with Crippen LogP contribution in [0, 0.1) is 0 Å². The van der Waals surface area contributed by atoms with Crippen molar-refractivity contribution in [2.24, 2.45) is 0 Å². The molecular weight excluding hydrogens is 370 g/mol. The van der Waals surface area contributed by atoms with Crippen LogP contribution in [0.1, 0.15) is 10.4 Å². The second-order valence-electron chi connectivity index (χ2n) is 7.06. The summed E-state index contributed by atoms with van der Waals surface area (Å²) in [6, 6.07) is 15.0. The number of ether oxygens (including phenoxy) is 2. The number of rotatable bonds is 6. The summed E-state index contributed by atoms with van der Waals surface area (Å²) in [5.41, 5.74) is 2.36. The van der Waals surface area contributed by atoms with Crippen molar-refractivity contribution in [3.63, 3.8) is 0 Å². The lowest BCUT2D eigenvalue weighted by molar-refractivity contribution is -0.134. The third-order valence-corrected chi connectivity index (χ3v) is 4.98. The lowest BCUT2D eigenvalue weighted by atomic mass is 10.2. The predicted octanol–water partition coefficient (Wildman–Crippen LogP) is 2.27. The van der Waals surface area contributed by atoms with Gasteiger partial charge in [-0.1, -0.05) is 18.2 Å². The quantitative estimate of drug-likeness (QED) is 0.697. The van der Waals surface area contributed by atoms with Crippen LogP contribution in [-0.4, -0.2) is 70.8 Å². The molecule has 1 aliphatic heterocycles. The summed E-state index contributed by atoms with van der Waals surface area (Å²) < 4.78 is 10.7. The summed E-state index contributed by atoms with van der Waals surface area (Å²) >= 11 is 0. The van der Waals surface area contributed by atoms with Crippen LogP contribution in [-0.2, 0) is 9.53 Å². The molecule has 0 bridgehead atoms. The van der Waals surface area contributed by atoms with E-state index in [0.29, 0.717) is 31.7 Å². The Hall–Kier alpha value is -3.22. The Morgan fingerprint density at radius 1 is 1.00 bits per heavy atom. The molecule has 7 heteroatoms. The Labute approximate surface area is 171 Å². The number of anilines is 2. The Bertz CT molecular complexity index is 861. The second-order valence-corrected chi connectivity index (χ2v) is 7.06. The molecule has 2 aromatic carbocycles. The van der Waals surface area contributed by atoms with Gasteiger partial charge in [-0.05, 0) is 30.3 Å². The molecule has 0 aliphatic carbocycles. The molecule has 0 unspecified atom stereocenters. The van der Waals surface area contributed by atoms with Crippen molar-refractivity contribution in [1.29, 1.82) is 0 Å². The van der Waals surface area contributed by atoms with Gasteiger partial charge in [-0.2, -0.15) is 0 Å². The van der Waals surface area contributed by atoms with Gasteiger partial charge in [-0.25, -0.2) is 4.79 Å². The highest BCUT2D eigenvalue weighted by molar-refractivity contribution is 5.92. The van der Waals surface area contributed by atoms with Gasteiger partial charge in [0.05, 0.1) is 18.4 Å². The molecular formula is C22H27N3O4. The van der Waals surface area contributed by atoms with Crippen molar-refractivity contribution in [2.45, 2.75) is 0 Å². The number of piperazine rings is 1. The molecule has 154 valence electrons. The molecule has 1 saturated heterocycles. The van der Waals surface area contributed by atoms with E-state index in [-0.39, 0.29) is 12.5 Å². The van der Waals surface area contributed by atoms with Crippen LogP contribution in [0.3, 0.4) is 0 Å². The molecule has 7 nitrogen and oxygen atoms in total. The van der Waals surface area contributed by atoms with Gasteiger partial charge in [0.25, 0.3) is 5.91 Å². The van der Waals surface area contributed by atoms with Gasteiger partial charge in [0.1, 0.15) is 5.75 Å². The molecule has 1 aliphatic rings. The highest BCUT2D eigenvalue weighted by atomic mass is 16.5. The first kappa shape index (κ1) is 20.5. The molecule has 0 radical (unpaired) electrons. The van der Waals surface area contributed by atoms with Crippen LogP contribution in [0.4, 0.5) is 11.4 Å². The molecule has 3 rings (SSSR count). The molecule has 0 saturated carbocycles. The SMILES string of the molecule is COc1ccccc1N1CCN(C(=O)COC(=O)c2cccc(N(C)C)c2)CC1. The van der Waals surface area contributed by atoms with Gasteiger partial charge in [-0.15, -0.1) is 0 Å². The Balaban J connectivity index is 1.51. The molecule has 2 aromatic rings. The third-order valence-electron chi connectivity index (χ3n) is 4.98. The molecule has 1 amide bonds. The van der Waals surface area contributed by atoms with E-state index < -0.39 is 5.97 Å². The summed E-state index contributed by atoms with van der Waals surface area (Å²) in [6.07, 6.45) is 0. The molecule has 1 fully saturated rings. The number of methoxy groups -OCH3 is 1. The van der Waals surface area contributed by atoms with Crippen LogP contribution in [0.2, 0.25) is 0 Å². The Morgan fingerprint density at radius 3 is 2.41 bits per heavy atom. The maximum Gasteiger partial charge on any atom is 0.338 e. The minimum absolute atomic E-state index is 0.179. The van der Waals surface area contributed by atoms with E-state index in [9.17, 15) is 9.59 Å². The summed E-state index contributed by atoms with van der Waals surface area (Å²) in [5, 5.41) is 0. The average molecular weight is 397 g/mol. The molecule has 0 spiro atoms. The van der Waals surface area contributed by atoms with Gasteiger partial charge in [0.2, 0.25) is 0 Å². The fourth-order valence-electron chi connectivity index (χ4n) is 3.30. The van der Waals surface area contributed by atoms with E-state index in [1.165, 1.54) is 0 Å². The third kappa shape index (κ3) is 4.99. The number of nitrogens with zero attached hydrogens (tertiary/aromatic N) is 3. The number of carbonyl (C=O) groups excluding carboxylic acids is 2. The highest BCUT2D eigenvalue weighted by Crippen LogP contribution is 2.28. The largest absolute Gasteiger partial charge is 0.495 e. The number of carbonyl (C=O) groups is 2. The molecule has 29 heavy (non-hydrogen) atoms. The van der Waals surface area contributed by atoms with Crippen molar-refractivity contribution >= 4 is 23.3 Å². The van der Waals surface area contributed by atoms with Gasteiger partial charge in [0.15, 0.2) is 6.61 Å². The summed E-state index contributed by atoms with van der Waals surface area (Å²) in [6.45, 7) is 2.30. The maximum absolute atomic E-state index is 12.5. The topological polar surface area (TPSA) is 62.3 Å². The van der Waals surface area contributed by atoms with E-state index in [4.69, 9.17) is 9.47 Å². The van der Waals surface area contributed by atoms with E-state index in [0.717, 1.165) is 17.1 Å². The van der Waals surface area contributed by atoms with Crippen molar-refractivity contribution in [3.8, 4) is 5.75 Å². The Morgan fingerprint density at radius 2 is 1.72 bits per heavy atom. The number of benzene rings is 2. The van der Waals surface area contributed by atoms with Crippen LogP contribution >= 0.6 is 0 Å². The lowest BCUT2D eigenvalue weighted by Gasteiger charge is -2.36. The summed E-state index contributed by atoms with van der Waals surface area (Å²) in [7, 11) is 5.46. The monoisotopic (exact) mass is 397 g/mol. The summed E-state index contributed by atoms with van der Waals surface area (Å²) in [4.78, 5) is 30.6. The smallest absolute Gasteiger partial charge is 0.338 e. The van der Waals surface area contributed by atoms with Crippen molar-refractivity contribution in [1.82, 2.24) is 4.90 Å². The van der Waals surface area contributed by atoms with E-state index in [2.05, 4.69) is 4.90 Å². The normalized spacial score (nSPS) is 13.8. The fraction of sp³-hybridized carbons (Fsp3) is 0.364. The van der Waals surface area contributed by atoms with Gasteiger partial charge < -0.3 is 24.2 Å². The minimum Gasteiger partial charge on any atom is -0.495 e. The van der Waals surface area contributed by atoms with Crippen LogP contribution in [0.25, 0.3) is 0 Å². The van der Waals surface area contributed by atoms with Crippen molar-refractivity contribution < 1.29 is 19.1 Å². The van der Waals surface area contributed by atoms with Crippen LogP contribution in [0.15, 0.2) is 48.5 Å². The molecule has 0 atom stereocenters. The first-order valence-corrected chi connectivity index (χ1v) is 9.60. The lowest BCUT2D eigenvalue weighted by Crippen LogP contribution is -2.50. The zero-order chi connectivity index (χ0) is 20.8. The molecule has 0 N–H and O–H groups in total. The van der Waals surface area contributed by atoms with Gasteiger partial charge in [0, 0.05) is 46.0 Å². The van der Waals surface area contributed by atoms with Crippen molar-refractivity contribution in [3.05, 3.63) is 54.1 Å². The summed E-state index contributed by atoms with van der Waals surface area (Å²) in [5.74, 6) is 0.151. The molecule has 1 heterocycles. The number of esters is 1. The predicted molar refractivity (Wildman–Crippen MR) is 113 cm³/mol. The number of hydrogen-bond donors (Lipinski definition) is 0. The average Bonchev–Trinajstić information content (AvgIpc) is 2.77. The first-order valence-electron chi connectivity index (χ1n) is 9.60. The second kappa shape index (κ2) is 9.32. The van der Waals surface area contributed by atoms with E-state index in [1.54, 1.807) is 30.2 Å². The van der Waals surface area contributed by atoms with Crippen LogP contribution < -0.4 is 14.5 Å². The van der Waals surface area contributed by atoms with E-state index >= 15 is 0 Å². The van der Waals surface area contributed by atoms with Crippen LogP contribution in [0.5, 0.6) is 5.75 Å². The van der Waals surface area contributed by atoms with Crippen molar-refractivity contribution in [2.75, 3.05) is 63.8 Å². The zero-order valence-corrected chi connectivity index (χ0v) is 17.1. The van der Waals surface area contributed by atoms with Gasteiger partial charge >= 0.3 is 5.97 Å². The first-order chi connectivity index (χ1) is 14.0. The minimum atomic E-state index is -0.491. The fourth-order valence-corrected chi connectivity index (χ4v) is 3.30. The zero-order valence-electron chi connectivity index (χ0n) is 17.1. The number of para-hydroxylation sites is 2. The number of amides is 1. The van der Waals surface area contributed by atoms with Gasteiger partial charge in [-0.3, -0.25) is 4.79 Å². The molecule has 0 aromatic heterocycles. The highest BCUT2D eigenvalue weighted by Gasteiger charge is 2.23. The number of hydrogen-bond acceptors (Lipinski definition) is 6. The Kier molecular flexibility index (Phi) is 6.59.